The number of rotatable bonds is 5. The van der Waals surface area contributed by atoms with E-state index < -0.39 is 14.1 Å². The molecule has 0 bridgehead atoms. The summed E-state index contributed by atoms with van der Waals surface area (Å²) in [4.78, 5) is 24.0. The molecule has 0 radical (unpaired) electrons. The van der Waals surface area contributed by atoms with E-state index in [0.29, 0.717) is 23.0 Å². The van der Waals surface area contributed by atoms with Gasteiger partial charge in [-0.1, -0.05) is 54.0 Å². The van der Waals surface area contributed by atoms with E-state index in [1.807, 2.05) is 13.8 Å². The van der Waals surface area contributed by atoms with Gasteiger partial charge in [0, 0.05) is 11.3 Å². The van der Waals surface area contributed by atoms with Crippen LogP contribution < -0.4 is 0 Å². The Labute approximate surface area is 135 Å². The molecule has 4 nitrogen and oxygen atoms in total. The van der Waals surface area contributed by atoms with E-state index in [1.165, 1.54) is 0 Å². The third-order valence-electron chi connectivity index (χ3n) is 5.81. The van der Waals surface area contributed by atoms with Crippen LogP contribution in [0.2, 0.25) is 16.6 Å². The van der Waals surface area contributed by atoms with Crippen LogP contribution in [0, 0.1) is 16.0 Å². The molecule has 22 heavy (non-hydrogen) atoms. The van der Waals surface area contributed by atoms with Gasteiger partial charge in [-0.3, -0.25) is 14.9 Å². The zero-order valence-electron chi connectivity index (χ0n) is 15.3. The van der Waals surface area contributed by atoms with Crippen LogP contribution in [0.1, 0.15) is 61.8 Å². The lowest BCUT2D eigenvalue weighted by Gasteiger charge is -2.47. The van der Waals surface area contributed by atoms with E-state index >= 15 is 0 Å². The zero-order chi connectivity index (χ0) is 17.4. The molecular weight excluding hydrogens is 294 g/mol. The SMILES string of the molecule is CC1=C([Si](C(C)C)(C(C)C)C(C)C)C(=O)C([N+](=O)[O-])CC1C. The molecule has 0 N–H and O–H groups in total. The van der Waals surface area contributed by atoms with Crippen LogP contribution in [0.4, 0.5) is 0 Å². The molecule has 0 aliphatic heterocycles. The van der Waals surface area contributed by atoms with E-state index in [-0.39, 0.29) is 16.6 Å². The second-order valence-electron chi connectivity index (χ2n) is 7.76. The average molecular weight is 326 g/mol. The maximum Gasteiger partial charge on any atom is 0.274 e. The van der Waals surface area contributed by atoms with Crippen molar-refractivity contribution in [3.8, 4) is 0 Å². The third-order valence-corrected chi connectivity index (χ3v) is 13.1. The molecular formula is C17H31NO3Si. The van der Waals surface area contributed by atoms with Gasteiger partial charge in [-0.25, -0.2) is 0 Å². The Morgan fingerprint density at radius 1 is 1.09 bits per heavy atom. The Morgan fingerprint density at radius 3 is 1.82 bits per heavy atom. The molecule has 0 aromatic carbocycles. The van der Waals surface area contributed by atoms with Crippen molar-refractivity contribution in [3.63, 3.8) is 0 Å². The standard InChI is InChI=1S/C17H31NO3Si/c1-10(2)22(11(3)4,12(5)6)17-14(8)13(7)9-15(16(17)19)18(20)21/h10-13,15H,9H2,1-8H3. The fourth-order valence-corrected chi connectivity index (χ4v) is 12.1. The summed E-state index contributed by atoms with van der Waals surface area (Å²) in [6, 6.07) is -1.04. The molecule has 0 saturated heterocycles. The number of nitrogens with zero attached hydrogens (tertiary/aromatic N) is 1. The Hall–Kier alpha value is -0.973. The van der Waals surface area contributed by atoms with Crippen molar-refractivity contribution in [2.75, 3.05) is 0 Å². The first-order valence-corrected chi connectivity index (χ1v) is 10.6. The number of carbonyl (C=O) groups is 1. The van der Waals surface area contributed by atoms with Gasteiger partial charge in [-0.2, -0.15) is 0 Å². The van der Waals surface area contributed by atoms with E-state index in [4.69, 9.17) is 0 Å². The Balaban J connectivity index is 3.66. The highest BCUT2D eigenvalue weighted by Crippen LogP contribution is 2.50. The van der Waals surface area contributed by atoms with Crippen LogP contribution in [0.5, 0.6) is 0 Å². The zero-order valence-corrected chi connectivity index (χ0v) is 16.3. The highest BCUT2D eigenvalue weighted by Gasteiger charge is 2.54. The van der Waals surface area contributed by atoms with E-state index in [9.17, 15) is 14.9 Å². The van der Waals surface area contributed by atoms with Crippen molar-refractivity contribution in [2.45, 2.75) is 84.5 Å². The number of ketones is 1. The number of hydrogen-bond donors (Lipinski definition) is 0. The lowest BCUT2D eigenvalue weighted by molar-refractivity contribution is -0.509. The second kappa shape index (κ2) is 6.65. The third kappa shape index (κ3) is 2.80. The van der Waals surface area contributed by atoms with Crippen molar-refractivity contribution in [3.05, 3.63) is 20.9 Å². The van der Waals surface area contributed by atoms with Gasteiger partial charge in [0.15, 0.2) is 0 Å². The van der Waals surface area contributed by atoms with Crippen LogP contribution in [0.3, 0.4) is 0 Å². The van der Waals surface area contributed by atoms with Gasteiger partial charge in [0.1, 0.15) is 0 Å². The monoisotopic (exact) mass is 325 g/mol. The molecule has 1 aliphatic rings. The molecule has 1 aliphatic carbocycles. The first-order valence-electron chi connectivity index (χ1n) is 8.38. The van der Waals surface area contributed by atoms with Gasteiger partial charge in [0.2, 0.25) is 5.78 Å². The molecule has 126 valence electrons. The first kappa shape index (κ1) is 19.1. The molecule has 2 unspecified atom stereocenters. The van der Waals surface area contributed by atoms with Crippen LogP contribution in [0.15, 0.2) is 10.8 Å². The van der Waals surface area contributed by atoms with Crippen molar-refractivity contribution in [1.29, 1.82) is 0 Å². The second-order valence-corrected chi connectivity index (χ2v) is 13.6. The Morgan fingerprint density at radius 2 is 1.50 bits per heavy atom. The van der Waals surface area contributed by atoms with Crippen molar-refractivity contribution in [1.82, 2.24) is 0 Å². The van der Waals surface area contributed by atoms with Crippen LogP contribution in [0.25, 0.3) is 0 Å². The van der Waals surface area contributed by atoms with Crippen molar-refractivity contribution >= 4 is 13.9 Å². The Bertz CT molecular complexity index is 472. The summed E-state index contributed by atoms with van der Waals surface area (Å²) in [6.45, 7) is 17.2. The van der Waals surface area contributed by atoms with Gasteiger partial charge in [-0.05, 0) is 34.7 Å². The van der Waals surface area contributed by atoms with Crippen LogP contribution >= 0.6 is 0 Å². The summed E-state index contributed by atoms with van der Waals surface area (Å²) in [5, 5.41) is 12.3. The average Bonchev–Trinajstić information content (AvgIpc) is 2.36. The fourth-order valence-electron chi connectivity index (χ4n) is 4.83. The number of allylic oxidation sites excluding steroid dienone is 1. The van der Waals surface area contributed by atoms with Crippen LogP contribution in [-0.2, 0) is 4.79 Å². The predicted molar refractivity (Wildman–Crippen MR) is 93.3 cm³/mol. The minimum absolute atomic E-state index is 0.117. The summed E-state index contributed by atoms with van der Waals surface area (Å²) < 4.78 is 0. The molecule has 0 amide bonds. The predicted octanol–water partition coefficient (Wildman–Crippen LogP) is 4.78. The quantitative estimate of drug-likeness (QED) is 0.415. The molecule has 1 rings (SSSR count). The molecule has 0 heterocycles. The molecule has 5 heteroatoms. The first-order chi connectivity index (χ1) is 9.99. The van der Waals surface area contributed by atoms with Crippen LogP contribution in [-0.4, -0.2) is 24.8 Å². The Kier molecular flexibility index (Phi) is 5.76. The molecule has 0 aromatic rings. The van der Waals surface area contributed by atoms with Gasteiger partial charge >= 0.3 is 0 Å². The van der Waals surface area contributed by atoms with Gasteiger partial charge in [-0.15, -0.1) is 0 Å². The topological polar surface area (TPSA) is 60.2 Å². The minimum atomic E-state index is -2.16. The highest BCUT2D eigenvalue weighted by molar-refractivity contribution is 6.93. The van der Waals surface area contributed by atoms with Crippen molar-refractivity contribution < 1.29 is 9.72 Å². The molecule has 0 saturated carbocycles. The molecule has 2 atom stereocenters. The van der Waals surface area contributed by atoms with Gasteiger partial charge in [0.05, 0.1) is 8.07 Å². The van der Waals surface area contributed by atoms with E-state index in [1.54, 1.807) is 0 Å². The lowest BCUT2D eigenvalue weighted by Crippen LogP contribution is -2.54. The van der Waals surface area contributed by atoms with E-state index in [2.05, 4.69) is 41.5 Å². The summed E-state index contributed by atoms with van der Waals surface area (Å²) >= 11 is 0. The smallest absolute Gasteiger partial charge is 0.274 e. The summed E-state index contributed by atoms with van der Waals surface area (Å²) in [5.41, 5.74) is 2.28. The summed E-state index contributed by atoms with van der Waals surface area (Å²) in [7, 11) is -2.16. The lowest BCUT2D eigenvalue weighted by atomic mass is 9.86. The summed E-state index contributed by atoms with van der Waals surface area (Å²) in [5.74, 6) is -0.0745. The molecule has 0 fully saturated rings. The normalized spacial score (nSPS) is 23.9. The maximum absolute atomic E-state index is 13.0. The van der Waals surface area contributed by atoms with Gasteiger partial charge < -0.3 is 0 Å². The number of nitro groups is 1. The maximum atomic E-state index is 13.0. The largest absolute Gasteiger partial charge is 0.287 e. The molecule has 0 spiro atoms. The number of hydrogen-bond acceptors (Lipinski definition) is 3. The number of Topliss-reactive ketones (excluding diaryl/α,β-unsaturated/α-hetero) is 1. The van der Waals surface area contributed by atoms with Crippen molar-refractivity contribution in [2.24, 2.45) is 5.92 Å². The highest BCUT2D eigenvalue weighted by atomic mass is 28.3. The van der Waals surface area contributed by atoms with E-state index in [0.717, 1.165) is 10.8 Å². The minimum Gasteiger partial charge on any atom is -0.287 e. The molecule has 0 aromatic heterocycles. The number of carbonyl (C=O) groups excluding carboxylic acids is 1. The van der Waals surface area contributed by atoms with Gasteiger partial charge in [0.25, 0.3) is 6.04 Å². The fraction of sp³-hybridized carbons (Fsp3) is 0.824. The summed E-state index contributed by atoms with van der Waals surface area (Å²) in [6.07, 6.45) is 0.347.